The number of fused-ring (bicyclic) bond motifs is 1. The molecule has 1 unspecified atom stereocenters. The summed E-state index contributed by atoms with van der Waals surface area (Å²) >= 11 is 0. The molecule has 6 atom stereocenters. The number of ketones is 1. The fraction of sp³-hybridized carbons (Fsp3) is 0.675. The Morgan fingerprint density at radius 1 is 1.00 bits per heavy atom. The van der Waals surface area contributed by atoms with Crippen molar-refractivity contribution in [1.82, 2.24) is 30.5 Å². The number of rotatable bonds is 17. The van der Waals surface area contributed by atoms with Crippen molar-refractivity contribution in [3.8, 4) is 11.5 Å². The zero-order valence-electron chi connectivity index (χ0n) is 34.8. The Hall–Kier alpha value is -4.18. The standard InChI is InChI=1S/C40H62N6O9S/c1-13-18-41-35(49)32(47)26(19-23-14-15-23)42-34(48)31-30-25(40(30,8)9)21-46(31)36(50)33(39(5,6)7)44-37(51)43-29(38(2,3)4)22-45(10)56(52,53)28-17-16-24(54-11)20-27(28)55-12/h13,16-17,20,23,25-26,29-31,33H,1,14-15,18-19,21-22H2,2-12H3,(H,41,49)(H,42,48)(H2,43,44,51)/t25-,26?,29+,30-,31-,33+/m0/s1. The van der Waals surface area contributed by atoms with Crippen LogP contribution in [0.3, 0.4) is 0 Å². The first-order chi connectivity index (χ1) is 25.9. The number of urea groups is 1. The molecule has 0 radical (unpaired) electrons. The second-order valence-electron chi connectivity index (χ2n) is 18.1. The van der Waals surface area contributed by atoms with Crippen molar-refractivity contribution in [3.05, 3.63) is 30.9 Å². The molecular weight excluding hydrogens is 741 g/mol. The van der Waals surface area contributed by atoms with Crippen LogP contribution in [-0.4, -0.2) is 112 Å². The van der Waals surface area contributed by atoms with Crippen LogP contribution in [0.25, 0.3) is 0 Å². The van der Waals surface area contributed by atoms with Crippen LogP contribution in [0.4, 0.5) is 4.79 Å². The highest BCUT2D eigenvalue weighted by molar-refractivity contribution is 7.89. The molecule has 1 heterocycles. The number of likely N-dealkylation sites (N-methyl/N-ethyl adjacent to an activating group) is 1. The van der Waals surface area contributed by atoms with Crippen molar-refractivity contribution in [2.24, 2.45) is 34.0 Å². The minimum atomic E-state index is -4.09. The number of methoxy groups -OCH3 is 2. The van der Waals surface area contributed by atoms with Gasteiger partial charge in [-0.2, -0.15) is 4.31 Å². The van der Waals surface area contributed by atoms with Crippen molar-refractivity contribution in [3.63, 3.8) is 0 Å². The quantitative estimate of drug-likeness (QED) is 0.135. The molecule has 15 nitrogen and oxygen atoms in total. The van der Waals surface area contributed by atoms with Gasteiger partial charge in [-0.1, -0.05) is 74.3 Å². The molecule has 1 aromatic rings. The summed E-state index contributed by atoms with van der Waals surface area (Å²) in [5, 5.41) is 11.1. The SMILES string of the molecule is C=CCNC(=O)C(=O)C(CC1CC1)NC(=O)[C@@H]1[C@@H]2[C@H](CN1C(=O)[C@@H](NC(=O)N[C@H](CN(C)S(=O)(=O)c1ccc(OC)cc1OC)C(C)(C)C)C(C)(C)C)C2(C)C. The number of nitrogens with one attached hydrogen (secondary N) is 4. The number of sulfonamides is 1. The van der Waals surface area contributed by atoms with E-state index in [0.29, 0.717) is 12.2 Å². The van der Waals surface area contributed by atoms with Crippen molar-refractivity contribution in [1.29, 1.82) is 0 Å². The van der Waals surface area contributed by atoms with Crippen LogP contribution in [0.1, 0.15) is 74.7 Å². The van der Waals surface area contributed by atoms with E-state index in [2.05, 4.69) is 27.8 Å². The van der Waals surface area contributed by atoms with E-state index in [-0.39, 0.29) is 53.4 Å². The lowest BCUT2D eigenvalue weighted by Crippen LogP contribution is -2.62. The molecule has 0 bridgehead atoms. The van der Waals surface area contributed by atoms with Crippen LogP contribution in [0.5, 0.6) is 11.5 Å². The Morgan fingerprint density at radius 3 is 2.18 bits per heavy atom. The maximum Gasteiger partial charge on any atom is 0.315 e. The van der Waals surface area contributed by atoms with E-state index in [4.69, 9.17) is 9.47 Å². The molecule has 3 aliphatic rings. The molecule has 1 aromatic carbocycles. The van der Waals surface area contributed by atoms with Crippen LogP contribution in [0.15, 0.2) is 35.7 Å². The maximum atomic E-state index is 14.6. The van der Waals surface area contributed by atoms with Gasteiger partial charge in [0.25, 0.3) is 5.91 Å². The first-order valence-electron chi connectivity index (χ1n) is 19.2. The summed E-state index contributed by atoms with van der Waals surface area (Å²) in [5.41, 5.74) is -1.68. The third-order valence-electron chi connectivity index (χ3n) is 11.5. The number of nitrogens with zero attached hydrogens (tertiary/aromatic N) is 2. The summed E-state index contributed by atoms with van der Waals surface area (Å²) in [6, 6.07) is -0.0401. The largest absolute Gasteiger partial charge is 0.497 e. The van der Waals surface area contributed by atoms with Gasteiger partial charge < -0.3 is 35.6 Å². The van der Waals surface area contributed by atoms with Crippen LogP contribution in [-0.2, 0) is 29.2 Å². The molecule has 1 saturated heterocycles. The fourth-order valence-corrected chi connectivity index (χ4v) is 8.91. The monoisotopic (exact) mass is 802 g/mol. The predicted molar refractivity (Wildman–Crippen MR) is 211 cm³/mol. The lowest BCUT2D eigenvalue weighted by molar-refractivity contribution is -0.145. The first kappa shape index (κ1) is 44.5. The van der Waals surface area contributed by atoms with Crippen LogP contribution < -0.4 is 30.7 Å². The van der Waals surface area contributed by atoms with Gasteiger partial charge in [-0.15, -0.1) is 6.58 Å². The summed E-state index contributed by atoms with van der Waals surface area (Å²) in [7, 11) is 0.162. The van der Waals surface area contributed by atoms with Gasteiger partial charge in [-0.05, 0) is 52.6 Å². The Kier molecular flexibility index (Phi) is 13.3. The topological polar surface area (TPSA) is 193 Å². The molecular formula is C40H62N6O9S. The molecule has 1 aliphatic heterocycles. The second-order valence-corrected chi connectivity index (χ2v) is 20.1. The zero-order chi connectivity index (χ0) is 42.1. The average molecular weight is 803 g/mol. The number of carbonyl (C=O) groups excluding carboxylic acids is 5. The van der Waals surface area contributed by atoms with Crippen molar-refractivity contribution in [2.75, 3.05) is 40.9 Å². The van der Waals surface area contributed by atoms with E-state index < -0.39 is 74.6 Å². The van der Waals surface area contributed by atoms with Gasteiger partial charge in [0.2, 0.25) is 27.6 Å². The molecule has 3 fully saturated rings. The molecule has 5 amide bonds. The van der Waals surface area contributed by atoms with E-state index in [0.717, 1.165) is 17.1 Å². The van der Waals surface area contributed by atoms with Gasteiger partial charge in [-0.25, -0.2) is 13.2 Å². The summed E-state index contributed by atoms with van der Waals surface area (Å²) < 4.78 is 39.2. The highest BCUT2D eigenvalue weighted by atomic mass is 32.2. The number of amides is 5. The van der Waals surface area contributed by atoms with E-state index in [1.54, 1.807) is 0 Å². The van der Waals surface area contributed by atoms with E-state index in [1.165, 1.54) is 50.4 Å². The minimum Gasteiger partial charge on any atom is -0.497 e. The highest BCUT2D eigenvalue weighted by Gasteiger charge is 2.70. The molecule has 0 spiro atoms. The molecule has 2 aliphatic carbocycles. The Morgan fingerprint density at radius 2 is 1.64 bits per heavy atom. The molecule has 312 valence electrons. The molecule has 4 N–H and O–H groups in total. The number of benzene rings is 1. The van der Waals surface area contributed by atoms with Crippen molar-refractivity contribution < 1.29 is 41.9 Å². The van der Waals surface area contributed by atoms with Crippen LogP contribution >= 0.6 is 0 Å². The number of piperidine rings is 1. The van der Waals surface area contributed by atoms with Crippen molar-refractivity contribution in [2.45, 2.75) is 104 Å². The van der Waals surface area contributed by atoms with Crippen molar-refractivity contribution >= 4 is 39.6 Å². The van der Waals surface area contributed by atoms with Crippen LogP contribution in [0.2, 0.25) is 0 Å². The van der Waals surface area contributed by atoms with Gasteiger partial charge in [0.15, 0.2) is 0 Å². The Bertz CT molecular complexity index is 1800. The highest BCUT2D eigenvalue weighted by Crippen LogP contribution is 2.65. The Labute approximate surface area is 332 Å². The fourth-order valence-electron chi connectivity index (χ4n) is 7.59. The number of hydrogen-bond donors (Lipinski definition) is 4. The average Bonchev–Trinajstić information content (AvgIpc) is 3.97. The van der Waals surface area contributed by atoms with Crippen LogP contribution in [0, 0.1) is 34.0 Å². The smallest absolute Gasteiger partial charge is 0.315 e. The number of hydrogen-bond acceptors (Lipinski definition) is 9. The van der Waals surface area contributed by atoms with E-state index in [9.17, 15) is 32.4 Å². The minimum absolute atomic E-state index is 0.0252. The number of likely N-dealkylation sites (tertiary alicyclic amines) is 1. The second kappa shape index (κ2) is 16.7. The third kappa shape index (κ3) is 9.85. The summed E-state index contributed by atoms with van der Waals surface area (Å²) in [6.07, 6.45) is 3.60. The lowest BCUT2D eigenvalue weighted by Gasteiger charge is -2.39. The van der Waals surface area contributed by atoms with E-state index >= 15 is 0 Å². The predicted octanol–water partition coefficient (Wildman–Crippen LogP) is 3.09. The molecule has 0 aromatic heterocycles. The first-order valence-corrected chi connectivity index (χ1v) is 20.6. The normalized spacial score (nSPS) is 21.9. The van der Waals surface area contributed by atoms with E-state index in [1.807, 2.05) is 55.4 Å². The van der Waals surface area contributed by atoms with Gasteiger partial charge in [-0.3, -0.25) is 19.2 Å². The molecule has 4 rings (SSSR count). The summed E-state index contributed by atoms with van der Waals surface area (Å²) in [6.45, 7) is 19.0. The maximum absolute atomic E-state index is 14.6. The third-order valence-corrected chi connectivity index (χ3v) is 13.4. The molecule has 16 heteroatoms. The summed E-state index contributed by atoms with van der Waals surface area (Å²) in [4.78, 5) is 69.9. The number of Topliss-reactive ketones (excluding diaryl/α,β-unsaturated/α-hetero) is 1. The van der Waals surface area contributed by atoms with Gasteiger partial charge in [0.1, 0.15) is 28.5 Å². The number of ether oxygens (including phenoxy) is 2. The van der Waals surface area contributed by atoms with Gasteiger partial charge >= 0.3 is 6.03 Å². The number of carbonyl (C=O) groups is 5. The van der Waals surface area contributed by atoms with Gasteiger partial charge in [0, 0.05) is 38.8 Å². The van der Waals surface area contributed by atoms with Gasteiger partial charge in [0.05, 0.1) is 20.3 Å². The molecule has 2 saturated carbocycles. The Balaban J connectivity index is 1.54. The summed E-state index contributed by atoms with van der Waals surface area (Å²) in [5.74, 6) is -1.91. The zero-order valence-corrected chi connectivity index (χ0v) is 35.6. The molecule has 56 heavy (non-hydrogen) atoms. The lowest BCUT2D eigenvalue weighted by atomic mass is 9.85.